The Morgan fingerprint density at radius 3 is 2.35 bits per heavy atom. The maximum absolute atomic E-state index is 14.0. The molecule has 0 unspecified atom stereocenters. The Balaban J connectivity index is 2.51. The van der Waals surface area contributed by atoms with E-state index < -0.39 is 21.7 Å². The highest BCUT2D eigenvalue weighted by Gasteiger charge is 2.26. The molecule has 0 atom stereocenters. The Morgan fingerprint density at radius 2 is 1.83 bits per heavy atom. The van der Waals surface area contributed by atoms with Crippen LogP contribution in [0.1, 0.15) is 0 Å². The highest BCUT2D eigenvalue weighted by molar-refractivity contribution is 7.92. The number of rotatable bonds is 6. The first-order valence-electron chi connectivity index (χ1n) is 6.63. The SMILES string of the molecule is C=CCN(c1ccc(F)cc1F)S(=O)(=O)c1ccc(OC)cc1. The molecule has 0 fully saturated rings. The van der Waals surface area contributed by atoms with E-state index in [0.717, 1.165) is 16.4 Å². The van der Waals surface area contributed by atoms with Gasteiger partial charge in [0.25, 0.3) is 10.0 Å². The van der Waals surface area contributed by atoms with Gasteiger partial charge in [0.1, 0.15) is 17.4 Å². The van der Waals surface area contributed by atoms with Gasteiger partial charge in [-0.2, -0.15) is 0 Å². The molecule has 0 heterocycles. The van der Waals surface area contributed by atoms with Crippen molar-refractivity contribution in [3.8, 4) is 5.75 Å². The Hall–Kier alpha value is -2.41. The first kappa shape index (κ1) is 17.0. The number of ether oxygens (including phenoxy) is 1. The highest BCUT2D eigenvalue weighted by atomic mass is 32.2. The molecule has 23 heavy (non-hydrogen) atoms. The zero-order valence-corrected chi connectivity index (χ0v) is 13.2. The fraction of sp³-hybridized carbons (Fsp3) is 0.125. The van der Waals surface area contributed by atoms with Crippen LogP contribution in [0.5, 0.6) is 5.75 Å². The molecule has 0 spiro atoms. The van der Waals surface area contributed by atoms with Crippen LogP contribution in [0.4, 0.5) is 14.5 Å². The summed E-state index contributed by atoms with van der Waals surface area (Å²) >= 11 is 0. The smallest absolute Gasteiger partial charge is 0.264 e. The van der Waals surface area contributed by atoms with Crippen LogP contribution < -0.4 is 9.04 Å². The molecular weight excluding hydrogens is 324 g/mol. The molecule has 0 amide bonds. The molecule has 0 aliphatic heterocycles. The summed E-state index contributed by atoms with van der Waals surface area (Å²) in [5.74, 6) is -1.26. The maximum atomic E-state index is 14.0. The second kappa shape index (κ2) is 6.78. The summed E-state index contributed by atoms with van der Waals surface area (Å²) in [6.07, 6.45) is 1.32. The minimum Gasteiger partial charge on any atom is -0.497 e. The quantitative estimate of drug-likeness (QED) is 0.758. The van der Waals surface area contributed by atoms with Gasteiger partial charge in [0.05, 0.1) is 24.2 Å². The average Bonchev–Trinajstić information content (AvgIpc) is 2.53. The van der Waals surface area contributed by atoms with E-state index in [4.69, 9.17) is 4.74 Å². The van der Waals surface area contributed by atoms with Crippen molar-refractivity contribution in [2.45, 2.75) is 4.90 Å². The number of nitrogens with zero attached hydrogens (tertiary/aromatic N) is 1. The number of halogens is 2. The largest absolute Gasteiger partial charge is 0.497 e. The fourth-order valence-electron chi connectivity index (χ4n) is 2.00. The zero-order chi connectivity index (χ0) is 17.0. The van der Waals surface area contributed by atoms with Gasteiger partial charge >= 0.3 is 0 Å². The fourth-order valence-corrected chi connectivity index (χ4v) is 3.44. The van der Waals surface area contributed by atoms with Crippen LogP contribution >= 0.6 is 0 Å². The first-order valence-corrected chi connectivity index (χ1v) is 8.07. The van der Waals surface area contributed by atoms with Gasteiger partial charge in [0.15, 0.2) is 0 Å². The predicted octanol–water partition coefficient (Wildman–Crippen LogP) is 3.35. The molecule has 7 heteroatoms. The number of methoxy groups -OCH3 is 1. The maximum Gasteiger partial charge on any atom is 0.264 e. The number of anilines is 1. The van der Waals surface area contributed by atoms with E-state index in [2.05, 4.69) is 6.58 Å². The van der Waals surface area contributed by atoms with E-state index >= 15 is 0 Å². The summed E-state index contributed by atoms with van der Waals surface area (Å²) in [5, 5.41) is 0. The van der Waals surface area contributed by atoms with Crippen LogP contribution in [-0.2, 0) is 10.0 Å². The van der Waals surface area contributed by atoms with Crippen molar-refractivity contribution >= 4 is 15.7 Å². The standard InChI is InChI=1S/C16H15F2NO3S/c1-3-10-19(16-9-4-12(17)11-15(16)18)23(20,21)14-7-5-13(22-2)6-8-14/h3-9,11H,1,10H2,2H3. The molecule has 4 nitrogen and oxygen atoms in total. The third kappa shape index (κ3) is 3.50. The monoisotopic (exact) mass is 339 g/mol. The summed E-state index contributed by atoms with van der Waals surface area (Å²) < 4.78 is 58.3. The topological polar surface area (TPSA) is 46.6 Å². The van der Waals surface area contributed by atoms with Crippen molar-refractivity contribution in [3.63, 3.8) is 0 Å². The normalized spacial score (nSPS) is 11.1. The van der Waals surface area contributed by atoms with E-state index in [1.165, 1.54) is 37.5 Å². The summed E-state index contributed by atoms with van der Waals surface area (Å²) in [7, 11) is -2.57. The minimum atomic E-state index is -4.03. The molecule has 0 N–H and O–H groups in total. The molecule has 0 radical (unpaired) electrons. The van der Waals surface area contributed by atoms with Gasteiger partial charge < -0.3 is 4.74 Å². The van der Waals surface area contributed by atoms with Crippen molar-refractivity contribution in [3.05, 3.63) is 66.8 Å². The molecule has 2 rings (SSSR count). The van der Waals surface area contributed by atoms with Crippen LogP contribution in [0.25, 0.3) is 0 Å². The van der Waals surface area contributed by atoms with Crippen molar-refractivity contribution in [2.24, 2.45) is 0 Å². The molecule has 0 bridgehead atoms. The third-order valence-corrected chi connectivity index (χ3v) is 4.91. The van der Waals surface area contributed by atoms with Crippen LogP contribution in [0.3, 0.4) is 0 Å². The molecule has 2 aromatic rings. The molecule has 0 aliphatic carbocycles. The average molecular weight is 339 g/mol. The Morgan fingerprint density at radius 1 is 1.17 bits per heavy atom. The van der Waals surface area contributed by atoms with E-state index in [1.807, 2.05) is 0 Å². The van der Waals surface area contributed by atoms with Gasteiger partial charge in [-0.05, 0) is 36.4 Å². The lowest BCUT2D eigenvalue weighted by Gasteiger charge is -2.23. The predicted molar refractivity (Wildman–Crippen MR) is 84.1 cm³/mol. The number of hydrogen-bond acceptors (Lipinski definition) is 3. The van der Waals surface area contributed by atoms with Gasteiger partial charge in [-0.1, -0.05) is 6.08 Å². The van der Waals surface area contributed by atoms with Crippen LogP contribution in [0, 0.1) is 11.6 Å². The van der Waals surface area contributed by atoms with Crippen molar-refractivity contribution in [1.29, 1.82) is 0 Å². The molecule has 0 aliphatic rings. The second-order valence-corrected chi connectivity index (χ2v) is 6.46. The summed E-state index contributed by atoms with van der Waals surface area (Å²) in [6, 6.07) is 8.39. The zero-order valence-electron chi connectivity index (χ0n) is 12.4. The number of benzene rings is 2. The molecule has 122 valence electrons. The second-order valence-electron chi connectivity index (χ2n) is 4.60. The molecule has 0 aromatic heterocycles. The lowest BCUT2D eigenvalue weighted by molar-refractivity contribution is 0.414. The Bertz CT molecular complexity index is 805. The minimum absolute atomic E-state index is 0.0381. The number of sulfonamides is 1. The summed E-state index contributed by atoms with van der Waals surface area (Å²) in [6.45, 7) is 3.33. The van der Waals surface area contributed by atoms with E-state index in [9.17, 15) is 17.2 Å². The van der Waals surface area contributed by atoms with E-state index in [1.54, 1.807) is 0 Å². The van der Waals surface area contributed by atoms with Crippen LogP contribution in [-0.4, -0.2) is 22.1 Å². The Labute approximate surface area is 133 Å². The Kier molecular flexibility index (Phi) is 5.00. The van der Waals surface area contributed by atoms with Crippen molar-refractivity contribution in [1.82, 2.24) is 0 Å². The highest BCUT2D eigenvalue weighted by Crippen LogP contribution is 2.27. The lowest BCUT2D eigenvalue weighted by Crippen LogP contribution is -2.32. The van der Waals surface area contributed by atoms with Gasteiger partial charge in [-0.15, -0.1) is 6.58 Å². The molecule has 2 aromatic carbocycles. The van der Waals surface area contributed by atoms with Gasteiger partial charge in [-0.3, -0.25) is 4.31 Å². The van der Waals surface area contributed by atoms with E-state index in [-0.39, 0.29) is 17.1 Å². The third-order valence-electron chi connectivity index (χ3n) is 3.12. The van der Waals surface area contributed by atoms with Crippen molar-refractivity contribution < 1.29 is 21.9 Å². The van der Waals surface area contributed by atoms with Gasteiger partial charge in [0, 0.05) is 6.07 Å². The summed E-state index contributed by atoms with van der Waals surface area (Å²) in [4.78, 5) is -0.0381. The number of hydrogen-bond donors (Lipinski definition) is 0. The molecule has 0 saturated carbocycles. The first-order chi connectivity index (χ1) is 10.9. The van der Waals surface area contributed by atoms with Gasteiger partial charge in [-0.25, -0.2) is 17.2 Å². The molecule has 0 saturated heterocycles. The van der Waals surface area contributed by atoms with E-state index in [0.29, 0.717) is 11.8 Å². The van der Waals surface area contributed by atoms with Crippen molar-refractivity contribution in [2.75, 3.05) is 18.0 Å². The summed E-state index contributed by atoms with van der Waals surface area (Å²) in [5.41, 5.74) is -0.248. The lowest BCUT2D eigenvalue weighted by atomic mass is 10.3. The van der Waals surface area contributed by atoms with Gasteiger partial charge in [0.2, 0.25) is 0 Å². The van der Waals surface area contributed by atoms with Crippen LogP contribution in [0.15, 0.2) is 60.0 Å². The van der Waals surface area contributed by atoms with Crippen LogP contribution in [0.2, 0.25) is 0 Å². The molecular formula is C16H15F2NO3S.